The molecule has 0 saturated heterocycles. The van der Waals surface area contributed by atoms with Crippen molar-refractivity contribution >= 4 is 0 Å². The Morgan fingerprint density at radius 1 is 1.00 bits per heavy atom. The summed E-state index contributed by atoms with van der Waals surface area (Å²) in [6.45, 7) is 4.24. The summed E-state index contributed by atoms with van der Waals surface area (Å²) in [7, 11) is 0. The third kappa shape index (κ3) is 3.33. The molecule has 1 aromatic rings. The Labute approximate surface area is 112 Å². The summed E-state index contributed by atoms with van der Waals surface area (Å²) in [5, 5.41) is 0. The van der Waals surface area contributed by atoms with E-state index in [1.165, 1.54) is 11.5 Å². The van der Waals surface area contributed by atoms with E-state index in [4.69, 9.17) is 0 Å². The fraction of sp³-hybridized carbons (Fsp3) is 0.222. The van der Waals surface area contributed by atoms with E-state index >= 15 is 0 Å². The normalized spacial score (nSPS) is 8.20. The van der Waals surface area contributed by atoms with E-state index in [2.05, 4.69) is 38.1 Å². The van der Waals surface area contributed by atoms with Crippen molar-refractivity contribution in [1.29, 1.82) is 0 Å². The average Bonchev–Trinajstić information content (AvgIpc) is 1.90. The second kappa shape index (κ2) is 5.53. The van der Waals surface area contributed by atoms with E-state index in [-0.39, 0.29) is 58.2 Å². The molecule has 0 bridgehead atoms. The third-order valence-corrected chi connectivity index (χ3v) is 1.35. The van der Waals surface area contributed by atoms with Gasteiger partial charge in [-0.3, -0.25) is 0 Å². The van der Waals surface area contributed by atoms with Gasteiger partial charge in [0.25, 0.3) is 0 Å². The molecule has 0 aliphatic carbocycles. The second-order valence-corrected chi connectivity index (χ2v) is 2.37. The molecule has 0 saturated carbocycles. The quantitative estimate of drug-likeness (QED) is 0.549. The van der Waals surface area contributed by atoms with Gasteiger partial charge in [0.1, 0.15) is 0 Å². The van der Waals surface area contributed by atoms with Crippen LogP contribution in [0, 0.1) is 5.92 Å². The molecule has 0 aromatic heterocycles. The Morgan fingerprint density at radius 2 is 1.50 bits per heavy atom. The largest absolute Gasteiger partial charge is 1.00 e. The number of hydrogen-bond acceptors (Lipinski definition) is 0. The van der Waals surface area contributed by atoms with Gasteiger partial charge in [0, 0.05) is 0 Å². The second-order valence-electron chi connectivity index (χ2n) is 2.37. The van der Waals surface area contributed by atoms with Crippen LogP contribution in [0.2, 0.25) is 0 Å². The summed E-state index contributed by atoms with van der Waals surface area (Å²) < 4.78 is 0. The zero-order chi connectivity index (χ0) is 6.69. The molecular formula is C9H11Rb. The van der Waals surface area contributed by atoms with Gasteiger partial charge in [0.05, 0.1) is 0 Å². The van der Waals surface area contributed by atoms with Crippen molar-refractivity contribution < 1.29 is 58.2 Å². The molecule has 0 amide bonds. The predicted octanol–water partition coefficient (Wildman–Crippen LogP) is -0.347. The first-order valence-corrected chi connectivity index (χ1v) is 3.16. The molecule has 48 valence electrons. The third-order valence-electron chi connectivity index (χ3n) is 1.35. The number of benzene rings is 1. The van der Waals surface area contributed by atoms with Gasteiger partial charge < -0.3 is 0 Å². The van der Waals surface area contributed by atoms with Crippen LogP contribution >= 0.6 is 0 Å². The fourth-order valence-corrected chi connectivity index (χ4v) is 0.771. The topological polar surface area (TPSA) is 0 Å². The molecule has 0 radical (unpaired) electrons. The van der Waals surface area contributed by atoms with E-state index in [1.54, 1.807) is 0 Å². The Bertz CT molecular complexity index is 167. The van der Waals surface area contributed by atoms with Crippen molar-refractivity contribution in [2.75, 3.05) is 0 Å². The van der Waals surface area contributed by atoms with Gasteiger partial charge in [0.15, 0.2) is 0 Å². The Morgan fingerprint density at radius 3 is 1.80 bits per heavy atom. The maximum absolute atomic E-state index is 2.12. The van der Waals surface area contributed by atoms with Crippen molar-refractivity contribution in [3.05, 3.63) is 41.8 Å². The van der Waals surface area contributed by atoms with Crippen molar-refractivity contribution in [3.63, 3.8) is 0 Å². The minimum atomic E-state index is 0. The molecule has 1 rings (SSSR count). The molecule has 0 nitrogen and oxygen atoms in total. The summed E-state index contributed by atoms with van der Waals surface area (Å²) in [5.74, 6) is 1.37. The van der Waals surface area contributed by atoms with E-state index in [9.17, 15) is 0 Å². The summed E-state index contributed by atoms with van der Waals surface area (Å²) in [6, 6.07) is 10.4. The van der Waals surface area contributed by atoms with E-state index in [1.807, 2.05) is 6.07 Å². The Hall–Kier alpha value is 0.895. The van der Waals surface area contributed by atoms with E-state index < -0.39 is 0 Å². The zero-order valence-corrected chi connectivity index (χ0v) is 11.8. The van der Waals surface area contributed by atoms with Gasteiger partial charge in [-0.15, -0.1) is 12.1 Å². The summed E-state index contributed by atoms with van der Waals surface area (Å²) in [4.78, 5) is 0. The number of hydrogen-bond donors (Lipinski definition) is 0. The SMILES string of the molecule is C[C-](C)c1ccccc1.[Rb+]. The molecule has 1 heteroatoms. The maximum Gasteiger partial charge on any atom is 1.00 e. The molecule has 1 aromatic carbocycles. The first-order valence-electron chi connectivity index (χ1n) is 3.16. The number of rotatable bonds is 1. The van der Waals surface area contributed by atoms with Gasteiger partial charge in [-0.05, 0) is 0 Å². The summed E-state index contributed by atoms with van der Waals surface area (Å²) >= 11 is 0. The minimum absolute atomic E-state index is 0. The smallest absolute Gasteiger partial charge is 0.189 e. The van der Waals surface area contributed by atoms with Crippen LogP contribution < -0.4 is 58.2 Å². The van der Waals surface area contributed by atoms with Crippen molar-refractivity contribution in [3.8, 4) is 0 Å². The summed E-state index contributed by atoms with van der Waals surface area (Å²) in [5.41, 5.74) is 1.33. The molecule has 0 N–H and O–H groups in total. The van der Waals surface area contributed by atoms with Crippen molar-refractivity contribution in [2.24, 2.45) is 0 Å². The van der Waals surface area contributed by atoms with Crippen LogP contribution in [0.25, 0.3) is 0 Å². The van der Waals surface area contributed by atoms with Gasteiger partial charge in [-0.1, -0.05) is 19.9 Å². The zero-order valence-electron chi connectivity index (χ0n) is 6.89. The predicted molar refractivity (Wildman–Crippen MR) is 40.1 cm³/mol. The van der Waals surface area contributed by atoms with Crippen LogP contribution in [-0.4, -0.2) is 0 Å². The van der Waals surface area contributed by atoms with Crippen LogP contribution in [-0.2, 0) is 0 Å². The van der Waals surface area contributed by atoms with Gasteiger partial charge in [-0.2, -0.15) is 23.6 Å². The maximum atomic E-state index is 2.12. The first kappa shape index (κ1) is 10.9. The molecule has 0 spiro atoms. The van der Waals surface area contributed by atoms with Crippen molar-refractivity contribution in [2.45, 2.75) is 13.8 Å². The molecule has 10 heavy (non-hydrogen) atoms. The van der Waals surface area contributed by atoms with Gasteiger partial charge in [0.2, 0.25) is 0 Å². The Kier molecular flexibility index (Phi) is 6.03. The summed E-state index contributed by atoms with van der Waals surface area (Å²) in [6.07, 6.45) is 0. The monoisotopic (exact) mass is 204 g/mol. The standard InChI is InChI=1S/C9H11.Rb/c1-8(2)9-6-4-3-5-7-9;/h3-7H,1-2H3;/q-1;+1. The Balaban J connectivity index is 0.000000810. The molecule has 0 atom stereocenters. The molecule has 0 fully saturated rings. The molecular weight excluding hydrogens is 194 g/mol. The van der Waals surface area contributed by atoms with Gasteiger partial charge >= 0.3 is 58.2 Å². The van der Waals surface area contributed by atoms with Crippen LogP contribution in [0.5, 0.6) is 0 Å². The molecule has 0 aliphatic heterocycles. The van der Waals surface area contributed by atoms with Crippen LogP contribution in [0.15, 0.2) is 30.3 Å². The fourth-order valence-electron chi connectivity index (χ4n) is 0.771. The van der Waals surface area contributed by atoms with E-state index in [0.717, 1.165) is 0 Å². The first-order chi connectivity index (χ1) is 4.30. The van der Waals surface area contributed by atoms with E-state index in [0.29, 0.717) is 0 Å². The average molecular weight is 205 g/mol. The van der Waals surface area contributed by atoms with Crippen LogP contribution in [0.3, 0.4) is 0 Å². The molecule has 0 aliphatic rings. The molecule has 0 unspecified atom stereocenters. The minimum Gasteiger partial charge on any atom is -0.189 e. The molecule has 0 heterocycles. The van der Waals surface area contributed by atoms with Crippen LogP contribution in [0.1, 0.15) is 19.4 Å². The van der Waals surface area contributed by atoms with Crippen LogP contribution in [0.4, 0.5) is 0 Å². The van der Waals surface area contributed by atoms with Crippen molar-refractivity contribution in [1.82, 2.24) is 0 Å². The van der Waals surface area contributed by atoms with Gasteiger partial charge in [-0.25, -0.2) is 0 Å².